The number of phenolic OH excluding ortho intramolecular Hbond substituents is 1. The van der Waals surface area contributed by atoms with Crippen LogP contribution in [0.25, 0.3) is 0 Å². The SMILES string of the molecule is Cc1cccc(C)c1Cc1ccc(O)c2c1CCCC2(C)C. The average molecular weight is 294 g/mol. The number of aryl methyl sites for hydroxylation is 2. The van der Waals surface area contributed by atoms with E-state index in [4.69, 9.17) is 0 Å². The minimum absolute atomic E-state index is 0.0778. The molecule has 0 radical (unpaired) electrons. The van der Waals surface area contributed by atoms with E-state index in [1.807, 2.05) is 6.07 Å². The van der Waals surface area contributed by atoms with E-state index in [-0.39, 0.29) is 5.41 Å². The Labute approximate surface area is 134 Å². The van der Waals surface area contributed by atoms with Gasteiger partial charge in [-0.1, -0.05) is 38.1 Å². The van der Waals surface area contributed by atoms with Gasteiger partial charge in [0.15, 0.2) is 0 Å². The van der Waals surface area contributed by atoms with Crippen molar-refractivity contribution < 1.29 is 5.11 Å². The lowest BCUT2D eigenvalue weighted by Crippen LogP contribution is -2.25. The quantitative estimate of drug-likeness (QED) is 0.805. The Balaban J connectivity index is 2.10. The van der Waals surface area contributed by atoms with Crippen molar-refractivity contribution in [2.45, 2.75) is 58.8 Å². The summed E-state index contributed by atoms with van der Waals surface area (Å²) in [6.45, 7) is 8.90. The van der Waals surface area contributed by atoms with E-state index in [0.717, 1.165) is 19.3 Å². The van der Waals surface area contributed by atoms with Gasteiger partial charge in [0.2, 0.25) is 0 Å². The number of phenols is 1. The summed E-state index contributed by atoms with van der Waals surface area (Å²) in [4.78, 5) is 0. The fourth-order valence-corrected chi connectivity index (χ4v) is 4.04. The van der Waals surface area contributed by atoms with Gasteiger partial charge in [-0.2, -0.15) is 0 Å². The third-order valence-corrected chi connectivity index (χ3v) is 5.30. The summed E-state index contributed by atoms with van der Waals surface area (Å²) < 4.78 is 0. The van der Waals surface area contributed by atoms with Gasteiger partial charge in [0.05, 0.1) is 0 Å². The van der Waals surface area contributed by atoms with Crippen LogP contribution in [0.2, 0.25) is 0 Å². The highest BCUT2D eigenvalue weighted by Crippen LogP contribution is 2.43. The molecule has 0 saturated heterocycles. The second-order valence-electron chi connectivity index (χ2n) is 7.38. The largest absolute Gasteiger partial charge is 0.508 e. The van der Waals surface area contributed by atoms with Gasteiger partial charge >= 0.3 is 0 Å². The molecule has 0 aliphatic heterocycles. The first-order valence-corrected chi connectivity index (χ1v) is 8.29. The second kappa shape index (κ2) is 5.46. The van der Waals surface area contributed by atoms with Crippen LogP contribution in [0.15, 0.2) is 30.3 Å². The summed E-state index contributed by atoms with van der Waals surface area (Å²) >= 11 is 0. The normalized spacial score (nSPS) is 16.4. The Morgan fingerprint density at radius 1 is 1.05 bits per heavy atom. The van der Waals surface area contributed by atoms with Crippen LogP contribution in [0.1, 0.15) is 60.1 Å². The molecule has 1 heteroatoms. The molecular formula is C21H26O. The molecule has 0 spiro atoms. The summed E-state index contributed by atoms with van der Waals surface area (Å²) in [5.74, 6) is 0.477. The molecule has 116 valence electrons. The Kier molecular flexibility index (Phi) is 3.76. The molecule has 0 saturated carbocycles. The van der Waals surface area contributed by atoms with Crippen LogP contribution in [-0.4, -0.2) is 5.11 Å². The van der Waals surface area contributed by atoms with Gasteiger partial charge in [-0.05, 0) is 78.8 Å². The average Bonchev–Trinajstić information content (AvgIpc) is 2.44. The van der Waals surface area contributed by atoms with E-state index < -0.39 is 0 Å². The fraction of sp³-hybridized carbons (Fsp3) is 0.429. The number of hydrogen-bond donors (Lipinski definition) is 1. The van der Waals surface area contributed by atoms with Crippen LogP contribution in [0.5, 0.6) is 5.75 Å². The molecule has 1 aliphatic carbocycles. The molecule has 0 atom stereocenters. The van der Waals surface area contributed by atoms with Crippen molar-refractivity contribution in [2.24, 2.45) is 0 Å². The van der Waals surface area contributed by atoms with E-state index in [2.05, 4.69) is 52.0 Å². The topological polar surface area (TPSA) is 20.2 Å². The van der Waals surface area contributed by atoms with E-state index >= 15 is 0 Å². The first kappa shape index (κ1) is 15.1. The lowest BCUT2D eigenvalue weighted by molar-refractivity contribution is 0.390. The third-order valence-electron chi connectivity index (χ3n) is 5.30. The number of rotatable bonds is 2. The Morgan fingerprint density at radius 2 is 1.73 bits per heavy atom. The van der Waals surface area contributed by atoms with Crippen molar-refractivity contribution in [1.82, 2.24) is 0 Å². The zero-order valence-corrected chi connectivity index (χ0v) is 14.2. The van der Waals surface area contributed by atoms with Gasteiger partial charge in [-0.15, -0.1) is 0 Å². The van der Waals surface area contributed by atoms with E-state index in [1.165, 1.54) is 39.8 Å². The molecule has 3 rings (SSSR count). The first-order chi connectivity index (χ1) is 10.4. The van der Waals surface area contributed by atoms with Crippen LogP contribution >= 0.6 is 0 Å². The summed E-state index contributed by atoms with van der Waals surface area (Å²) in [6.07, 6.45) is 4.42. The maximum absolute atomic E-state index is 10.4. The van der Waals surface area contributed by atoms with Crippen LogP contribution in [0, 0.1) is 13.8 Å². The van der Waals surface area contributed by atoms with E-state index in [9.17, 15) is 5.11 Å². The molecule has 0 amide bonds. The van der Waals surface area contributed by atoms with Crippen molar-refractivity contribution in [3.63, 3.8) is 0 Å². The highest BCUT2D eigenvalue weighted by atomic mass is 16.3. The molecule has 0 unspecified atom stereocenters. The monoisotopic (exact) mass is 294 g/mol. The lowest BCUT2D eigenvalue weighted by atomic mass is 9.70. The zero-order valence-electron chi connectivity index (χ0n) is 14.2. The highest BCUT2D eigenvalue weighted by Gasteiger charge is 2.31. The van der Waals surface area contributed by atoms with Crippen molar-refractivity contribution in [3.05, 3.63) is 63.7 Å². The number of hydrogen-bond acceptors (Lipinski definition) is 1. The molecule has 0 aromatic heterocycles. The number of fused-ring (bicyclic) bond motifs is 1. The maximum atomic E-state index is 10.4. The molecular weight excluding hydrogens is 268 g/mol. The summed E-state index contributed by atoms with van der Waals surface area (Å²) in [5, 5.41) is 10.4. The minimum atomic E-state index is 0.0778. The molecule has 22 heavy (non-hydrogen) atoms. The summed E-state index contributed by atoms with van der Waals surface area (Å²) in [6, 6.07) is 10.5. The highest BCUT2D eigenvalue weighted by molar-refractivity contribution is 5.52. The van der Waals surface area contributed by atoms with Crippen LogP contribution in [0.3, 0.4) is 0 Å². The van der Waals surface area contributed by atoms with Gasteiger partial charge in [0.1, 0.15) is 5.75 Å². The van der Waals surface area contributed by atoms with Crippen molar-refractivity contribution in [1.29, 1.82) is 0 Å². The van der Waals surface area contributed by atoms with Crippen LogP contribution in [0.4, 0.5) is 0 Å². The molecule has 0 bridgehead atoms. The Hall–Kier alpha value is -1.76. The smallest absolute Gasteiger partial charge is 0.119 e. The van der Waals surface area contributed by atoms with Crippen LogP contribution < -0.4 is 0 Å². The zero-order chi connectivity index (χ0) is 15.9. The lowest BCUT2D eigenvalue weighted by Gasteiger charge is -2.34. The van der Waals surface area contributed by atoms with Gasteiger partial charge in [-0.25, -0.2) is 0 Å². The molecule has 1 N–H and O–H groups in total. The minimum Gasteiger partial charge on any atom is -0.508 e. The van der Waals surface area contributed by atoms with E-state index in [1.54, 1.807) is 0 Å². The molecule has 0 heterocycles. The van der Waals surface area contributed by atoms with Crippen molar-refractivity contribution >= 4 is 0 Å². The fourth-order valence-electron chi connectivity index (χ4n) is 4.04. The van der Waals surface area contributed by atoms with Gasteiger partial charge in [0, 0.05) is 5.56 Å². The Morgan fingerprint density at radius 3 is 2.41 bits per heavy atom. The van der Waals surface area contributed by atoms with Crippen molar-refractivity contribution in [2.75, 3.05) is 0 Å². The Bertz CT molecular complexity index is 690. The summed E-state index contributed by atoms with van der Waals surface area (Å²) in [5.41, 5.74) is 8.18. The molecule has 0 fully saturated rings. The molecule has 1 aliphatic rings. The van der Waals surface area contributed by atoms with Crippen molar-refractivity contribution in [3.8, 4) is 5.75 Å². The number of benzene rings is 2. The molecule has 2 aromatic carbocycles. The molecule has 1 nitrogen and oxygen atoms in total. The molecule has 2 aromatic rings. The van der Waals surface area contributed by atoms with Gasteiger partial charge < -0.3 is 5.11 Å². The van der Waals surface area contributed by atoms with Crippen LogP contribution in [-0.2, 0) is 18.3 Å². The standard InChI is InChI=1S/C21H26O/c1-14-7-5-8-15(2)18(14)13-16-10-11-19(22)20-17(16)9-6-12-21(20,3)4/h5,7-8,10-11,22H,6,9,12-13H2,1-4H3. The maximum Gasteiger partial charge on any atom is 0.119 e. The first-order valence-electron chi connectivity index (χ1n) is 8.29. The third kappa shape index (κ3) is 2.54. The summed E-state index contributed by atoms with van der Waals surface area (Å²) in [7, 11) is 0. The van der Waals surface area contributed by atoms with E-state index in [0.29, 0.717) is 5.75 Å². The van der Waals surface area contributed by atoms with Gasteiger partial charge in [-0.3, -0.25) is 0 Å². The predicted octanol–water partition coefficient (Wildman–Crippen LogP) is 5.21. The predicted molar refractivity (Wildman–Crippen MR) is 92.8 cm³/mol. The van der Waals surface area contributed by atoms with Gasteiger partial charge in [0.25, 0.3) is 0 Å². The second-order valence-corrected chi connectivity index (χ2v) is 7.38. The number of aromatic hydroxyl groups is 1.